The molecule has 7 nitrogen and oxygen atoms in total. The Labute approximate surface area is 254 Å². The highest BCUT2D eigenvalue weighted by atomic mass is 79.9. The van der Waals surface area contributed by atoms with Gasteiger partial charge in [0.2, 0.25) is 5.91 Å². The lowest BCUT2D eigenvalue weighted by Crippen LogP contribution is -2.58. The number of carbonyl (C=O) groups is 3. The summed E-state index contributed by atoms with van der Waals surface area (Å²) in [5.41, 5.74) is 3.67. The van der Waals surface area contributed by atoms with Crippen LogP contribution in [0.1, 0.15) is 30.0 Å². The Morgan fingerprint density at radius 1 is 1.27 bits per heavy atom. The molecule has 1 N–H and O–H groups in total. The molecule has 0 saturated carbocycles. The van der Waals surface area contributed by atoms with E-state index >= 15 is 0 Å². The van der Waals surface area contributed by atoms with Gasteiger partial charge in [-0.25, -0.2) is 0 Å². The van der Waals surface area contributed by atoms with E-state index in [4.69, 9.17) is 4.74 Å². The first-order valence-corrected chi connectivity index (χ1v) is 15.9. The topological polar surface area (TPSA) is 87.2 Å². The summed E-state index contributed by atoms with van der Waals surface area (Å²) in [5, 5.41) is 10.5. The highest BCUT2D eigenvalue weighted by Crippen LogP contribution is 2.68. The summed E-state index contributed by atoms with van der Waals surface area (Å²) in [6.07, 6.45) is 2.63. The monoisotopic (exact) mass is 640 g/mol. The zero-order chi connectivity index (χ0) is 29.5. The molecule has 3 aliphatic heterocycles. The van der Waals surface area contributed by atoms with Crippen LogP contribution in [0.4, 0.5) is 5.69 Å². The largest absolute Gasteiger partial charge is 0.466 e. The van der Waals surface area contributed by atoms with E-state index in [-0.39, 0.29) is 41.6 Å². The van der Waals surface area contributed by atoms with Crippen molar-refractivity contribution in [3.63, 3.8) is 0 Å². The summed E-state index contributed by atoms with van der Waals surface area (Å²) >= 11 is 5.37. The molecule has 1 spiro atoms. The summed E-state index contributed by atoms with van der Waals surface area (Å²) in [7, 11) is 0. The Morgan fingerprint density at radius 3 is 2.66 bits per heavy atom. The molecule has 0 radical (unpaired) electrons. The molecule has 2 amide bonds. The van der Waals surface area contributed by atoms with Crippen LogP contribution < -0.4 is 4.90 Å². The number of carbonyl (C=O) groups excluding carboxylic acids is 3. The second-order valence-electron chi connectivity index (χ2n) is 11.2. The minimum absolute atomic E-state index is 0.0588. The smallest absolute Gasteiger partial charge is 0.310 e. The van der Waals surface area contributed by atoms with Crippen LogP contribution in [0.2, 0.25) is 0 Å². The number of thioether (sulfide) groups is 1. The molecule has 3 unspecified atom stereocenters. The number of amides is 2. The fraction of sp³-hybridized carbons (Fsp3) is 0.469. The predicted octanol–water partition coefficient (Wildman–Crippen LogP) is 4.45. The lowest BCUT2D eigenvalue weighted by Gasteiger charge is -2.40. The van der Waals surface area contributed by atoms with Crippen molar-refractivity contribution in [1.82, 2.24) is 4.90 Å². The predicted molar refractivity (Wildman–Crippen MR) is 165 cm³/mol. The maximum atomic E-state index is 14.9. The number of aliphatic hydroxyl groups is 1. The lowest BCUT2D eigenvalue weighted by molar-refractivity contribution is -0.154. The number of ether oxygens (including phenoxy) is 1. The quantitative estimate of drug-likeness (QED) is 0.235. The molecule has 2 bridgehead atoms. The molecule has 41 heavy (non-hydrogen) atoms. The Balaban J connectivity index is 1.65. The molecule has 3 aliphatic rings. The average molecular weight is 642 g/mol. The maximum Gasteiger partial charge on any atom is 0.310 e. The Bertz CT molecular complexity index is 1340. The van der Waals surface area contributed by atoms with Crippen LogP contribution in [0.25, 0.3) is 0 Å². The fourth-order valence-corrected chi connectivity index (χ4v) is 10.6. The minimum atomic E-state index is -0.879. The minimum Gasteiger partial charge on any atom is -0.466 e. The molecule has 3 fully saturated rings. The van der Waals surface area contributed by atoms with Gasteiger partial charge in [0.1, 0.15) is 6.04 Å². The first kappa shape index (κ1) is 29.9. The van der Waals surface area contributed by atoms with E-state index in [1.807, 2.05) is 62.4 Å². The van der Waals surface area contributed by atoms with Gasteiger partial charge in [0, 0.05) is 22.3 Å². The van der Waals surface area contributed by atoms with Crippen LogP contribution in [-0.4, -0.2) is 74.5 Å². The van der Waals surface area contributed by atoms with Crippen molar-refractivity contribution >= 4 is 51.2 Å². The number of likely N-dealkylation sites (tertiary alicyclic amines) is 1. The number of rotatable bonds is 10. The van der Waals surface area contributed by atoms with Crippen LogP contribution in [0, 0.1) is 25.7 Å². The number of alkyl halides is 1. The molecule has 218 valence electrons. The van der Waals surface area contributed by atoms with Crippen LogP contribution >= 0.6 is 27.7 Å². The second-order valence-corrected chi connectivity index (χ2v) is 13.9. The van der Waals surface area contributed by atoms with Crippen molar-refractivity contribution in [3.05, 3.63) is 77.9 Å². The number of hydrogen-bond donors (Lipinski definition) is 1. The molecule has 3 saturated heterocycles. The molecule has 7 atom stereocenters. The number of aryl methyl sites for hydroxylation is 2. The van der Waals surface area contributed by atoms with Gasteiger partial charge in [-0.1, -0.05) is 64.5 Å². The lowest BCUT2D eigenvalue weighted by atomic mass is 9.71. The SMILES string of the molecule is C=CCN(C(=O)C1N([C@@H](CO)Cc2ccccc2)C(=O)[C@@H]2[C@@H](C(=O)OCC)[C@@H]3SC12CC3Br)c1cc(C)ccc1C. The number of halogens is 1. The highest BCUT2D eigenvalue weighted by molar-refractivity contribution is 9.09. The van der Waals surface area contributed by atoms with Gasteiger partial charge in [-0.3, -0.25) is 14.4 Å². The Hall–Kier alpha value is -2.62. The molecule has 2 aromatic carbocycles. The second kappa shape index (κ2) is 11.9. The van der Waals surface area contributed by atoms with Crippen molar-refractivity contribution in [3.8, 4) is 0 Å². The normalized spacial score (nSPS) is 28.9. The van der Waals surface area contributed by atoms with E-state index in [1.54, 1.807) is 34.6 Å². The summed E-state index contributed by atoms with van der Waals surface area (Å²) in [6, 6.07) is 14.1. The number of aliphatic hydroxyl groups excluding tert-OH is 1. The number of hydrogen-bond acceptors (Lipinski definition) is 6. The number of fused-ring (bicyclic) bond motifs is 1. The van der Waals surface area contributed by atoms with Gasteiger partial charge in [-0.15, -0.1) is 18.3 Å². The van der Waals surface area contributed by atoms with Crippen molar-refractivity contribution in [2.75, 3.05) is 24.7 Å². The Kier molecular flexibility index (Phi) is 8.69. The molecule has 0 aliphatic carbocycles. The van der Waals surface area contributed by atoms with E-state index in [1.165, 1.54) is 0 Å². The first-order chi connectivity index (χ1) is 19.7. The van der Waals surface area contributed by atoms with Gasteiger partial charge in [-0.05, 0) is 56.4 Å². The summed E-state index contributed by atoms with van der Waals surface area (Å²) in [5.74, 6) is -2.27. The van der Waals surface area contributed by atoms with Gasteiger partial charge >= 0.3 is 5.97 Å². The van der Waals surface area contributed by atoms with Gasteiger partial charge in [-0.2, -0.15) is 0 Å². The molecule has 0 aromatic heterocycles. The average Bonchev–Trinajstić information content (AvgIpc) is 3.55. The zero-order valence-electron chi connectivity index (χ0n) is 23.7. The van der Waals surface area contributed by atoms with Crippen LogP contribution in [0.15, 0.2) is 61.2 Å². The number of anilines is 1. The third kappa shape index (κ3) is 5.04. The molecular weight excluding hydrogens is 604 g/mol. The first-order valence-electron chi connectivity index (χ1n) is 14.1. The molecule has 9 heteroatoms. The number of nitrogens with zero attached hydrogens (tertiary/aromatic N) is 2. The van der Waals surface area contributed by atoms with Crippen LogP contribution in [0.5, 0.6) is 0 Å². The summed E-state index contributed by atoms with van der Waals surface area (Å²) < 4.78 is 4.63. The van der Waals surface area contributed by atoms with Gasteiger partial charge in [0.05, 0.1) is 35.8 Å². The summed E-state index contributed by atoms with van der Waals surface area (Å²) in [4.78, 5) is 46.0. The van der Waals surface area contributed by atoms with E-state index in [0.29, 0.717) is 12.8 Å². The van der Waals surface area contributed by atoms with Crippen molar-refractivity contribution in [2.24, 2.45) is 11.8 Å². The van der Waals surface area contributed by atoms with E-state index in [0.717, 1.165) is 22.4 Å². The zero-order valence-corrected chi connectivity index (χ0v) is 26.1. The van der Waals surface area contributed by atoms with Crippen LogP contribution in [-0.2, 0) is 25.5 Å². The van der Waals surface area contributed by atoms with Gasteiger partial charge < -0.3 is 19.6 Å². The molecule has 5 rings (SSSR count). The third-order valence-corrected chi connectivity index (χ3v) is 11.9. The van der Waals surface area contributed by atoms with Crippen molar-refractivity contribution in [1.29, 1.82) is 0 Å². The standard InChI is InChI=1S/C32H37BrN2O5S/c1-5-14-34(24-15-19(3)12-13-20(24)4)30(38)28-32-17-23(33)27(41-32)25(31(39)40-6-2)26(32)29(37)35(28)22(18-36)16-21-10-8-7-9-11-21/h5,7-13,15,22-23,25-28,36H,1,6,14,16-18H2,2-4H3/t22-,23?,25-,26+,27-,28?,32?/m1/s1. The Morgan fingerprint density at radius 2 is 2.00 bits per heavy atom. The molecule has 3 heterocycles. The molecular formula is C32H37BrN2O5S. The fourth-order valence-electron chi connectivity index (χ4n) is 6.98. The number of benzene rings is 2. The van der Waals surface area contributed by atoms with Crippen LogP contribution in [0.3, 0.4) is 0 Å². The van der Waals surface area contributed by atoms with E-state index in [9.17, 15) is 19.5 Å². The highest BCUT2D eigenvalue weighted by Gasteiger charge is 2.76. The van der Waals surface area contributed by atoms with Gasteiger partial charge in [0.15, 0.2) is 0 Å². The summed E-state index contributed by atoms with van der Waals surface area (Å²) in [6.45, 7) is 9.79. The maximum absolute atomic E-state index is 14.9. The third-order valence-electron chi connectivity index (χ3n) is 8.67. The van der Waals surface area contributed by atoms with Crippen molar-refractivity contribution in [2.45, 2.75) is 60.5 Å². The van der Waals surface area contributed by atoms with E-state index < -0.39 is 34.6 Å². The number of esters is 1. The van der Waals surface area contributed by atoms with E-state index in [2.05, 4.69) is 22.5 Å². The van der Waals surface area contributed by atoms with Gasteiger partial charge in [0.25, 0.3) is 5.91 Å². The van der Waals surface area contributed by atoms with Crippen molar-refractivity contribution < 1.29 is 24.2 Å². The molecule has 2 aromatic rings.